The van der Waals surface area contributed by atoms with Crippen molar-refractivity contribution < 1.29 is 4.57 Å². The molecule has 0 saturated carbocycles. The first-order chi connectivity index (χ1) is 11.8. The predicted molar refractivity (Wildman–Crippen MR) is 100 cm³/mol. The number of rotatable bonds is 1. The molecular formula is C23H20N+. The summed E-state index contributed by atoms with van der Waals surface area (Å²) in [5.74, 6) is 0. The number of hydrogen-bond donors (Lipinski definition) is 0. The van der Waals surface area contributed by atoms with E-state index in [9.17, 15) is 0 Å². The lowest BCUT2D eigenvalue weighted by Crippen LogP contribution is -2.40. The molecule has 1 aliphatic rings. The van der Waals surface area contributed by atoms with Gasteiger partial charge in [-0.1, -0.05) is 49.4 Å². The summed E-state index contributed by atoms with van der Waals surface area (Å²) in [6.45, 7) is 3.30. The molecular weight excluding hydrogens is 290 g/mol. The molecule has 0 radical (unpaired) electrons. The summed E-state index contributed by atoms with van der Waals surface area (Å²) in [5.41, 5.74) is 5.71. The number of nitrogens with zero attached hydrogens (tertiary/aromatic N) is 1. The van der Waals surface area contributed by atoms with Gasteiger partial charge in [0.2, 0.25) is 5.69 Å². The predicted octanol–water partition coefficient (Wildman–Crippen LogP) is 5.07. The van der Waals surface area contributed by atoms with Crippen LogP contribution in [0.2, 0.25) is 0 Å². The van der Waals surface area contributed by atoms with Crippen molar-refractivity contribution in [1.29, 1.82) is 0 Å². The highest BCUT2D eigenvalue weighted by atomic mass is 15.0. The third-order valence-electron chi connectivity index (χ3n) is 5.39. The molecule has 4 aromatic rings. The minimum absolute atomic E-state index is 1.07. The van der Waals surface area contributed by atoms with Crippen LogP contribution in [-0.4, -0.2) is 0 Å². The fourth-order valence-corrected chi connectivity index (χ4v) is 4.11. The fourth-order valence-electron chi connectivity index (χ4n) is 4.11. The third kappa shape index (κ3) is 1.91. The van der Waals surface area contributed by atoms with Crippen LogP contribution in [0.3, 0.4) is 0 Å². The standard InChI is InChI=1S/C23H20N/c1-2-16-7-9-20-18(15-16)11-13-24-14-12-21-19-6-4-3-5-17(19)8-10-22(21)23(20)24/h3-10,12,14-15H,2,11,13H2,1H3/q+1. The summed E-state index contributed by atoms with van der Waals surface area (Å²) in [6.07, 6.45) is 4.49. The highest BCUT2D eigenvalue weighted by Crippen LogP contribution is 2.34. The summed E-state index contributed by atoms with van der Waals surface area (Å²) in [6, 6.07) is 22.5. The van der Waals surface area contributed by atoms with Gasteiger partial charge in [-0.25, -0.2) is 0 Å². The molecule has 1 aromatic heterocycles. The summed E-state index contributed by atoms with van der Waals surface area (Å²) < 4.78 is 2.42. The van der Waals surface area contributed by atoms with E-state index >= 15 is 0 Å². The highest BCUT2D eigenvalue weighted by molar-refractivity contribution is 6.10. The Morgan fingerprint density at radius 1 is 0.875 bits per heavy atom. The summed E-state index contributed by atoms with van der Waals surface area (Å²) in [4.78, 5) is 0. The van der Waals surface area contributed by atoms with E-state index in [0.717, 1.165) is 19.4 Å². The second-order valence-corrected chi connectivity index (χ2v) is 6.70. The maximum atomic E-state index is 2.42. The Morgan fingerprint density at radius 3 is 2.71 bits per heavy atom. The molecule has 1 aliphatic heterocycles. The first-order valence-electron chi connectivity index (χ1n) is 8.81. The lowest BCUT2D eigenvalue weighted by Gasteiger charge is -2.17. The summed E-state index contributed by atoms with van der Waals surface area (Å²) in [5, 5.41) is 5.37. The van der Waals surface area contributed by atoms with Gasteiger partial charge in [0.05, 0.1) is 10.9 Å². The van der Waals surface area contributed by atoms with Crippen molar-refractivity contribution in [3.05, 3.63) is 78.0 Å². The quantitative estimate of drug-likeness (QED) is 0.341. The maximum Gasteiger partial charge on any atom is 0.220 e. The van der Waals surface area contributed by atoms with Crippen molar-refractivity contribution in [2.45, 2.75) is 26.3 Å². The van der Waals surface area contributed by atoms with E-state index in [2.05, 4.69) is 78.4 Å². The van der Waals surface area contributed by atoms with Gasteiger partial charge < -0.3 is 0 Å². The van der Waals surface area contributed by atoms with Crippen LogP contribution < -0.4 is 4.57 Å². The lowest BCUT2D eigenvalue weighted by atomic mass is 9.91. The Balaban J connectivity index is 1.87. The van der Waals surface area contributed by atoms with Crippen LogP contribution in [0.1, 0.15) is 18.1 Å². The van der Waals surface area contributed by atoms with E-state index in [0.29, 0.717) is 0 Å². The smallest absolute Gasteiger partial charge is 0.197 e. The van der Waals surface area contributed by atoms with Crippen LogP contribution in [0.5, 0.6) is 0 Å². The molecule has 0 N–H and O–H groups in total. The number of aromatic nitrogens is 1. The van der Waals surface area contributed by atoms with Crippen LogP contribution in [0, 0.1) is 0 Å². The Hall–Kier alpha value is -2.67. The number of hydrogen-bond acceptors (Lipinski definition) is 0. The molecule has 0 unspecified atom stereocenters. The minimum atomic E-state index is 1.07. The van der Waals surface area contributed by atoms with Gasteiger partial charge >= 0.3 is 0 Å². The van der Waals surface area contributed by atoms with Gasteiger partial charge in [-0.2, -0.15) is 4.57 Å². The van der Waals surface area contributed by atoms with Crippen molar-refractivity contribution in [3.8, 4) is 11.3 Å². The molecule has 5 rings (SSSR count). The van der Waals surface area contributed by atoms with Crippen molar-refractivity contribution in [2.24, 2.45) is 0 Å². The number of benzene rings is 3. The van der Waals surface area contributed by atoms with E-state index < -0.39 is 0 Å². The maximum absolute atomic E-state index is 2.42. The Kier molecular flexibility index (Phi) is 2.96. The highest BCUT2D eigenvalue weighted by Gasteiger charge is 2.25. The van der Waals surface area contributed by atoms with Gasteiger partial charge in [0.1, 0.15) is 0 Å². The molecule has 116 valence electrons. The van der Waals surface area contributed by atoms with Gasteiger partial charge in [0, 0.05) is 17.9 Å². The van der Waals surface area contributed by atoms with Crippen LogP contribution in [0.25, 0.3) is 32.8 Å². The molecule has 0 saturated heterocycles. The molecule has 3 aromatic carbocycles. The van der Waals surface area contributed by atoms with Crippen molar-refractivity contribution in [2.75, 3.05) is 0 Å². The zero-order valence-electron chi connectivity index (χ0n) is 13.9. The minimum Gasteiger partial charge on any atom is -0.197 e. The molecule has 24 heavy (non-hydrogen) atoms. The van der Waals surface area contributed by atoms with Crippen LogP contribution in [0.4, 0.5) is 0 Å². The van der Waals surface area contributed by atoms with Gasteiger partial charge in [-0.05, 0) is 40.5 Å². The zero-order valence-corrected chi connectivity index (χ0v) is 13.9. The number of aryl methyl sites for hydroxylation is 3. The molecule has 0 bridgehead atoms. The van der Waals surface area contributed by atoms with E-state index in [4.69, 9.17) is 0 Å². The molecule has 1 nitrogen and oxygen atoms in total. The average molecular weight is 310 g/mol. The Labute approximate surface area is 142 Å². The topological polar surface area (TPSA) is 3.88 Å². The fraction of sp³-hybridized carbons (Fsp3) is 0.174. The van der Waals surface area contributed by atoms with E-state index in [1.54, 1.807) is 0 Å². The normalized spacial score (nSPS) is 13.0. The first kappa shape index (κ1) is 13.7. The molecule has 1 heteroatoms. The van der Waals surface area contributed by atoms with Crippen molar-refractivity contribution in [3.63, 3.8) is 0 Å². The van der Waals surface area contributed by atoms with Gasteiger partial charge in [0.25, 0.3) is 0 Å². The summed E-state index contributed by atoms with van der Waals surface area (Å²) >= 11 is 0. The van der Waals surface area contributed by atoms with Crippen LogP contribution in [-0.2, 0) is 19.4 Å². The summed E-state index contributed by atoms with van der Waals surface area (Å²) in [7, 11) is 0. The first-order valence-corrected chi connectivity index (χ1v) is 8.81. The van der Waals surface area contributed by atoms with Gasteiger partial charge in [0.15, 0.2) is 12.7 Å². The molecule has 0 fully saturated rings. The average Bonchev–Trinajstić information content (AvgIpc) is 2.66. The Bertz CT molecular complexity index is 1090. The largest absolute Gasteiger partial charge is 0.220 e. The van der Waals surface area contributed by atoms with Crippen LogP contribution >= 0.6 is 0 Å². The van der Waals surface area contributed by atoms with Crippen molar-refractivity contribution in [1.82, 2.24) is 0 Å². The molecule has 0 spiro atoms. The van der Waals surface area contributed by atoms with Gasteiger partial charge in [-0.3, -0.25) is 0 Å². The number of pyridine rings is 1. The zero-order chi connectivity index (χ0) is 16.1. The second-order valence-electron chi connectivity index (χ2n) is 6.70. The third-order valence-corrected chi connectivity index (χ3v) is 5.39. The van der Waals surface area contributed by atoms with E-state index in [1.165, 1.54) is 43.9 Å². The monoisotopic (exact) mass is 310 g/mol. The van der Waals surface area contributed by atoms with Crippen LogP contribution in [0.15, 0.2) is 66.9 Å². The molecule has 0 atom stereocenters. The lowest BCUT2D eigenvalue weighted by molar-refractivity contribution is -0.686. The van der Waals surface area contributed by atoms with Crippen molar-refractivity contribution >= 4 is 21.5 Å². The molecule has 0 aliphatic carbocycles. The van der Waals surface area contributed by atoms with E-state index in [-0.39, 0.29) is 0 Å². The number of fused-ring (bicyclic) bond motifs is 7. The SMILES string of the molecule is CCc1ccc2c(c1)CC[n+]1ccc3c(ccc4ccccc43)c1-2. The van der Waals surface area contributed by atoms with Gasteiger partial charge in [-0.15, -0.1) is 0 Å². The van der Waals surface area contributed by atoms with E-state index in [1.807, 2.05) is 0 Å². The second kappa shape index (κ2) is 5.17. The Morgan fingerprint density at radius 2 is 1.79 bits per heavy atom. The molecule has 2 heterocycles. The molecule has 0 amide bonds.